The summed E-state index contributed by atoms with van der Waals surface area (Å²) < 4.78 is 10.6. The summed E-state index contributed by atoms with van der Waals surface area (Å²) in [5.74, 6) is 0. The van der Waals surface area contributed by atoms with Gasteiger partial charge in [-0.05, 0) is 41.5 Å². The molecular weight excluding hydrogens is 288 g/mol. The molecule has 0 aliphatic carbocycles. The number of amides is 2. The molecular formula is C15H26N2O5. The quantitative estimate of drug-likeness (QED) is 0.695. The standard InChI is InChI=1S/C15H26N2O5/c1-14(2,3)21-12(19)16-7-8-17(11(9-16)10-18)13(20)22-15(4,5)6/h10,18H,7-9H2,1-6H3. The van der Waals surface area contributed by atoms with Crippen LogP contribution in [0.5, 0.6) is 0 Å². The number of piperazine rings is 1. The summed E-state index contributed by atoms with van der Waals surface area (Å²) in [7, 11) is 0. The molecule has 0 spiro atoms. The number of hydrogen-bond donors (Lipinski definition) is 1. The molecule has 0 unspecified atom stereocenters. The lowest BCUT2D eigenvalue weighted by Crippen LogP contribution is -2.51. The average molecular weight is 314 g/mol. The number of aliphatic hydroxyl groups is 1. The third-order valence-corrected chi connectivity index (χ3v) is 2.71. The van der Waals surface area contributed by atoms with Crippen molar-refractivity contribution in [3.05, 3.63) is 12.0 Å². The Labute approximate surface area is 131 Å². The molecule has 1 heterocycles. The van der Waals surface area contributed by atoms with E-state index in [4.69, 9.17) is 9.47 Å². The largest absolute Gasteiger partial charge is 0.514 e. The molecule has 1 saturated heterocycles. The lowest BCUT2D eigenvalue weighted by Gasteiger charge is -2.37. The first-order chi connectivity index (χ1) is 9.93. The van der Waals surface area contributed by atoms with E-state index in [9.17, 15) is 14.7 Å². The van der Waals surface area contributed by atoms with Gasteiger partial charge in [-0.25, -0.2) is 9.59 Å². The minimum absolute atomic E-state index is 0.0880. The molecule has 1 aliphatic rings. The lowest BCUT2D eigenvalue weighted by molar-refractivity contribution is 0.00744. The number of carbonyl (C=O) groups excluding carboxylic acids is 2. The molecule has 0 saturated carbocycles. The molecule has 126 valence electrons. The molecule has 1 N–H and O–H groups in total. The summed E-state index contributed by atoms with van der Waals surface area (Å²) in [6, 6.07) is 0. The monoisotopic (exact) mass is 314 g/mol. The first-order valence-electron chi connectivity index (χ1n) is 7.24. The van der Waals surface area contributed by atoms with Crippen LogP contribution in [0.4, 0.5) is 9.59 Å². The molecule has 1 rings (SSSR count). The van der Waals surface area contributed by atoms with E-state index < -0.39 is 23.4 Å². The third kappa shape index (κ3) is 5.46. The molecule has 0 atom stereocenters. The summed E-state index contributed by atoms with van der Waals surface area (Å²) in [6.45, 7) is 11.3. The minimum atomic E-state index is -0.625. The molecule has 7 heteroatoms. The van der Waals surface area contributed by atoms with Gasteiger partial charge < -0.3 is 19.5 Å². The third-order valence-electron chi connectivity index (χ3n) is 2.71. The fourth-order valence-corrected chi connectivity index (χ4v) is 1.84. The Bertz CT molecular complexity index is 460. The molecule has 22 heavy (non-hydrogen) atoms. The molecule has 2 amide bonds. The zero-order valence-electron chi connectivity index (χ0n) is 14.2. The first-order valence-corrected chi connectivity index (χ1v) is 7.24. The second-order valence-electron chi connectivity index (χ2n) is 7.15. The molecule has 0 aromatic rings. The van der Waals surface area contributed by atoms with Gasteiger partial charge in [0.05, 0.1) is 12.2 Å². The molecule has 1 fully saturated rings. The summed E-state index contributed by atoms with van der Waals surface area (Å²) in [4.78, 5) is 26.9. The lowest BCUT2D eigenvalue weighted by atomic mass is 10.2. The highest BCUT2D eigenvalue weighted by molar-refractivity contribution is 5.73. The fraction of sp³-hybridized carbons (Fsp3) is 0.733. The van der Waals surface area contributed by atoms with Gasteiger partial charge in [0, 0.05) is 13.1 Å². The highest BCUT2D eigenvalue weighted by Crippen LogP contribution is 2.19. The van der Waals surface area contributed by atoms with Gasteiger partial charge in [0.25, 0.3) is 0 Å². The normalized spacial score (nSPS) is 18.4. The van der Waals surface area contributed by atoms with E-state index in [2.05, 4.69) is 0 Å². The maximum atomic E-state index is 12.1. The van der Waals surface area contributed by atoms with Gasteiger partial charge in [0.2, 0.25) is 0 Å². The van der Waals surface area contributed by atoms with Gasteiger partial charge in [0.1, 0.15) is 17.5 Å². The SMILES string of the molecule is CC(C)(C)OC(=O)N1CCN(C(=O)OC(C)(C)C)C(=CO)C1. The molecule has 0 bridgehead atoms. The summed E-state index contributed by atoms with van der Waals surface area (Å²) in [5.41, 5.74) is -0.922. The summed E-state index contributed by atoms with van der Waals surface area (Å²) >= 11 is 0. The Hall–Kier alpha value is -1.92. The van der Waals surface area contributed by atoms with Crippen molar-refractivity contribution in [2.45, 2.75) is 52.7 Å². The van der Waals surface area contributed by atoms with Crippen molar-refractivity contribution in [3.8, 4) is 0 Å². The zero-order valence-corrected chi connectivity index (χ0v) is 14.2. The molecule has 7 nitrogen and oxygen atoms in total. The number of carbonyl (C=O) groups is 2. The van der Waals surface area contributed by atoms with E-state index in [-0.39, 0.29) is 13.1 Å². The summed E-state index contributed by atoms with van der Waals surface area (Å²) in [6.07, 6.45) is -0.201. The Balaban J connectivity index is 2.73. The summed E-state index contributed by atoms with van der Waals surface area (Å²) in [5, 5.41) is 9.35. The number of hydrogen-bond acceptors (Lipinski definition) is 5. The number of nitrogens with zero attached hydrogens (tertiary/aromatic N) is 2. The molecule has 0 aromatic heterocycles. The van der Waals surface area contributed by atoms with Gasteiger partial charge in [-0.3, -0.25) is 4.90 Å². The number of rotatable bonds is 0. The van der Waals surface area contributed by atoms with Crippen LogP contribution in [0.3, 0.4) is 0 Å². The van der Waals surface area contributed by atoms with E-state index >= 15 is 0 Å². The van der Waals surface area contributed by atoms with E-state index in [1.807, 2.05) is 0 Å². The van der Waals surface area contributed by atoms with Crippen LogP contribution >= 0.6 is 0 Å². The van der Waals surface area contributed by atoms with Crippen LogP contribution in [0.1, 0.15) is 41.5 Å². The van der Waals surface area contributed by atoms with Crippen molar-refractivity contribution in [1.29, 1.82) is 0 Å². The Morgan fingerprint density at radius 1 is 1.00 bits per heavy atom. The predicted molar refractivity (Wildman–Crippen MR) is 81.5 cm³/mol. The average Bonchev–Trinajstić information content (AvgIpc) is 2.33. The van der Waals surface area contributed by atoms with Crippen molar-refractivity contribution in [2.75, 3.05) is 19.6 Å². The van der Waals surface area contributed by atoms with Crippen LogP contribution in [0.15, 0.2) is 12.0 Å². The van der Waals surface area contributed by atoms with Gasteiger partial charge in [-0.1, -0.05) is 0 Å². The Morgan fingerprint density at radius 3 is 1.95 bits per heavy atom. The first kappa shape index (κ1) is 18.1. The molecule has 0 aromatic carbocycles. The predicted octanol–water partition coefficient (Wildman–Crippen LogP) is 2.87. The van der Waals surface area contributed by atoms with Crippen LogP contribution in [-0.2, 0) is 9.47 Å². The van der Waals surface area contributed by atoms with Crippen LogP contribution in [-0.4, -0.2) is 57.9 Å². The van der Waals surface area contributed by atoms with Crippen molar-refractivity contribution in [1.82, 2.24) is 9.80 Å². The van der Waals surface area contributed by atoms with E-state index in [1.54, 1.807) is 41.5 Å². The van der Waals surface area contributed by atoms with Crippen LogP contribution in [0.2, 0.25) is 0 Å². The van der Waals surface area contributed by atoms with E-state index in [0.717, 1.165) is 6.26 Å². The topological polar surface area (TPSA) is 79.3 Å². The van der Waals surface area contributed by atoms with Crippen LogP contribution in [0.25, 0.3) is 0 Å². The molecule has 0 radical (unpaired) electrons. The maximum absolute atomic E-state index is 12.1. The van der Waals surface area contributed by atoms with E-state index in [0.29, 0.717) is 12.2 Å². The fourth-order valence-electron chi connectivity index (χ4n) is 1.84. The van der Waals surface area contributed by atoms with Crippen molar-refractivity contribution in [3.63, 3.8) is 0 Å². The second kappa shape index (κ2) is 6.46. The van der Waals surface area contributed by atoms with Gasteiger partial charge >= 0.3 is 12.2 Å². The van der Waals surface area contributed by atoms with Gasteiger partial charge in [-0.2, -0.15) is 0 Å². The van der Waals surface area contributed by atoms with E-state index in [1.165, 1.54) is 9.80 Å². The minimum Gasteiger partial charge on any atom is -0.514 e. The van der Waals surface area contributed by atoms with Crippen LogP contribution < -0.4 is 0 Å². The molecule has 1 aliphatic heterocycles. The van der Waals surface area contributed by atoms with Crippen molar-refractivity contribution in [2.24, 2.45) is 0 Å². The Morgan fingerprint density at radius 2 is 1.50 bits per heavy atom. The number of ether oxygens (including phenoxy) is 2. The highest BCUT2D eigenvalue weighted by Gasteiger charge is 2.33. The van der Waals surface area contributed by atoms with Gasteiger partial charge in [0.15, 0.2) is 0 Å². The zero-order chi connectivity index (χ0) is 17.1. The number of aliphatic hydroxyl groups excluding tert-OH is 1. The Kier molecular flexibility index (Phi) is 5.32. The maximum Gasteiger partial charge on any atom is 0.414 e. The van der Waals surface area contributed by atoms with Crippen LogP contribution in [0, 0.1) is 0 Å². The van der Waals surface area contributed by atoms with Crippen molar-refractivity contribution >= 4 is 12.2 Å². The second-order valence-corrected chi connectivity index (χ2v) is 7.15. The highest BCUT2D eigenvalue weighted by atomic mass is 16.6. The van der Waals surface area contributed by atoms with Gasteiger partial charge in [-0.15, -0.1) is 0 Å². The smallest absolute Gasteiger partial charge is 0.414 e. The van der Waals surface area contributed by atoms with Crippen molar-refractivity contribution < 1.29 is 24.2 Å².